The number of nitrogens with one attached hydrogen (secondary N) is 1. The topological polar surface area (TPSA) is 97.6 Å². The Morgan fingerprint density at radius 1 is 1.13 bits per heavy atom. The molecule has 30 heavy (non-hydrogen) atoms. The van der Waals surface area contributed by atoms with Gasteiger partial charge in [-0.25, -0.2) is 0 Å². The minimum absolute atomic E-state index is 0.0561. The highest BCUT2D eigenvalue weighted by atomic mass is 79.9. The van der Waals surface area contributed by atoms with Crippen LogP contribution in [0.4, 0.5) is 5.69 Å². The van der Waals surface area contributed by atoms with Crippen LogP contribution in [0.15, 0.2) is 40.9 Å². The van der Waals surface area contributed by atoms with Gasteiger partial charge in [0.05, 0.1) is 30.9 Å². The molecule has 158 valence electrons. The van der Waals surface area contributed by atoms with Gasteiger partial charge in [-0.3, -0.25) is 9.59 Å². The number of halogens is 1. The minimum atomic E-state index is -1.03. The first-order valence-corrected chi connectivity index (χ1v) is 10.3. The molecule has 1 N–H and O–H groups in total. The number of carbonyl (C=O) groups is 2. The summed E-state index contributed by atoms with van der Waals surface area (Å²) in [6.45, 7) is 6.14. The minimum Gasteiger partial charge on any atom is -0.490 e. The Morgan fingerprint density at radius 2 is 1.77 bits per heavy atom. The zero-order chi connectivity index (χ0) is 22.1. The number of ether oxygens (including phenoxy) is 3. The molecule has 2 aromatic rings. The van der Waals surface area contributed by atoms with E-state index in [9.17, 15) is 9.59 Å². The third-order valence-corrected chi connectivity index (χ3v) is 4.77. The second kappa shape index (κ2) is 11.2. The molecule has 0 fully saturated rings. The number of nitrogens with zero attached hydrogens (tertiary/aromatic N) is 1. The van der Waals surface area contributed by atoms with E-state index in [2.05, 4.69) is 21.2 Å². The first-order chi connectivity index (χ1) is 14.4. The number of amides is 1. The molecule has 2 aromatic carbocycles. The van der Waals surface area contributed by atoms with Gasteiger partial charge in [-0.15, -0.1) is 0 Å². The zero-order valence-electron chi connectivity index (χ0n) is 17.0. The molecule has 0 radical (unpaired) electrons. The summed E-state index contributed by atoms with van der Waals surface area (Å²) in [5.74, 6) is 0.0156. The number of carbonyl (C=O) groups excluding carboxylic acids is 2. The fraction of sp³-hybridized carbons (Fsp3) is 0.318. The summed E-state index contributed by atoms with van der Waals surface area (Å²) in [5.41, 5.74) is 1.34. The fourth-order valence-corrected chi connectivity index (χ4v) is 3.08. The first kappa shape index (κ1) is 23.2. The molecule has 0 saturated carbocycles. The van der Waals surface area contributed by atoms with Gasteiger partial charge in [-0.1, -0.05) is 28.1 Å². The molecule has 0 aromatic heterocycles. The number of hydrogen-bond donors (Lipinski definition) is 1. The van der Waals surface area contributed by atoms with E-state index >= 15 is 0 Å². The van der Waals surface area contributed by atoms with Crippen molar-refractivity contribution in [1.82, 2.24) is 0 Å². The van der Waals surface area contributed by atoms with E-state index in [1.54, 1.807) is 36.4 Å². The number of para-hydroxylation sites is 1. The van der Waals surface area contributed by atoms with Crippen molar-refractivity contribution in [1.29, 1.82) is 5.26 Å². The van der Waals surface area contributed by atoms with Crippen LogP contribution in [0.5, 0.6) is 11.5 Å². The maximum Gasteiger partial charge on any atom is 0.311 e. The average molecular weight is 475 g/mol. The Morgan fingerprint density at radius 3 is 2.40 bits per heavy atom. The van der Waals surface area contributed by atoms with Gasteiger partial charge in [-0.2, -0.15) is 5.26 Å². The first-order valence-electron chi connectivity index (χ1n) is 9.47. The fourth-order valence-electron chi connectivity index (χ4n) is 2.62. The second-order valence-corrected chi connectivity index (χ2v) is 7.07. The maximum atomic E-state index is 12.4. The Balaban J connectivity index is 2.05. The molecule has 0 aliphatic heterocycles. The summed E-state index contributed by atoms with van der Waals surface area (Å²) in [6.07, 6.45) is -1.09. The molecule has 8 heteroatoms. The third-order valence-electron chi connectivity index (χ3n) is 4.03. The Labute approximate surface area is 184 Å². The molecular weight excluding hydrogens is 452 g/mol. The van der Waals surface area contributed by atoms with E-state index in [0.29, 0.717) is 46.0 Å². The monoisotopic (exact) mass is 474 g/mol. The molecule has 0 aliphatic rings. The van der Waals surface area contributed by atoms with Gasteiger partial charge in [0.25, 0.3) is 5.91 Å². The van der Waals surface area contributed by atoms with Crippen LogP contribution in [0.3, 0.4) is 0 Å². The van der Waals surface area contributed by atoms with Gasteiger partial charge in [0.2, 0.25) is 0 Å². The van der Waals surface area contributed by atoms with E-state index in [1.807, 2.05) is 19.9 Å². The Hall–Kier alpha value is -3.05. The lowest BCUT2D eigenvalue weighted by molar-refractivity contribution is -0.152. The lowest BCUT2D eigenvalue weighted by Crippen LogP contribution is -2.30. The van der Waals surface area contributed by atoms with Crippen molar-refractivity contribution in [3.63, 3.8) is 0 Å². The van der Waals surface area contributed by atoms with Gasteiger partial charge in [0.15, 0.2) is 17.6 Å². The lowest BCUT2D eigenvalue weighted by Gasteiger charge is -2.16. The summed E-state index contributed by atoms with van der Waals surface area (Å²) < 4.78 is 17.1. The van der Waals surface area contributed by atoms with Crippen molar-refractivity contribution in [3.05, 3.63) is 52.0 Å². The summed E-state index contributed by atoms with van der Waals surface area (Å²) in [6, 6.07) is 12.1. The van der Waals surface area contributed by atoms with E-state index in [0.717, 1.165) is 0 Å². The van der Waals surface area contributed by atoms with Gasteiger partial charge >= 0.3 is 5.97 Å². The van der Waals surface area contributed by atoms with E-state index in [1.165, 1.54) is 6.92 Å². The molecule has 1 amide bonds. The van der Waals surface area contributed by atoms with Crippen LogP contribution in [0.2, 0.25) is 0 Å². The van der Waals surface area contributed by atoms with Gasteiger partial charge in [0.1, 0.15) is 6.07 Å². The molecule has 0 saturated heterocycles. The normalized spacial score (nSPS) is 11.2. The van der Waals surface area contributed by atoms with Crippen LogP contribution >= 0.6 is 15.9 Å². The van der Waals surface area contributed by atoms with Gasteiger partial charge in [-0.05, 0) is 50.6 Å². The Kier molecular flexibility index (Phi) is 8.69. The third kappa shape index (κ3) is 6.22. The lowest BCUT2D eigenvalue weighted by atomic mass is 10.1. The van der Waals surface area contributed by atoms with Crippen molar-refractivity contribution in [2.45, 2.75) is 33.3 Å². The number of nitriles is 1. The van der Waals surface area contributed by atoms with Crippen molar-refractivity contribution < 1.29 is 23.8 Å². The largest absolute Gasteiger partial charge is 0.490 e. The zero-order valence-corrected chi connectivity index (χ0v) is 18.6. The summed E-state index contributed by atoms with van der Waals surface area (Å²) in [7, 11) is 0. The number of anilines is 1. The van der Waals surface area contributed by atoms with Crippen molar-refractivity contribution in [2.24, 2.45) is 0 Å². The van der Waals surface area contributed by atoms with E-state index in [4.69, 9.17) is 19.5 Å². The van der Waals surface area contributed by atoms with Crippen molar-refractivity contribution >= 4 is 33.5 Å². The van der Waals surface area contributed by atoms with Crippen LogP contribution in [0.1, 0.15) is 31.9 Å². The predicted octanol–water partition coefficient (Wildman–Crippen LogP) is 4.23. The standard InChI is InChI=1S/C22H23BrN2O5/c1-4-28-19-10-16(17(23)12-20(19)29-5-2)11-21(26)30-14(3)22(27)25-18-9-7-6-8-15(18)13-24/h6-10,12,14H,4-5,11H2,1-3H3,(H,25,27). The SMILES string of the molecule is CCOc1cc(Br)c(CC(=O)OC(C)C(=O)Nc2ccccc2C#N)cc1OCC. The highest BCUT2D eigenvalue weighted by Gasteiger charge is 2.21. The summed E-state index contributed by atoms with van der Waals surface area (Å²) in [5, 5.41) is 11.7. The maximum absolute atomic E-state index is 12.4. The molecule has 0 aliphatic carbocycles. The van der Waals surface area contributed by atoms with Crippen LogP contribution in [0.25, 0.3) is 0 Å². The molecule has 0 spiro atoms. The van der Waals surface area contributed by atoms with Gasteiger partial charge in [0, 0.05) is 4.47 Å². The number of esters is 1. The molecule has 7 nitrogen and oxygen atoms in total. The molecule has 2 rings (SSSR count). The Bertz CT molecular complexity index is 955. The van der Waals surface area contributed by atoms with Crippen LogP contribution in [0, 0.1) is 11.3 Å². The van der Waals surface area contributed by atoms with E-state index < -0.39 is 18.0 Å². The summed E-state index contributed by atoms with van der Waals surface area (Å²) in [4.78, 5) is 24.7. The van der Waals surface area contributed by atoms with Crippen molar-refractivity contribution in [3.8, 4) is 17.6 Å². The quantitative estimate of drug-likeness (QED) is 0.546. The van der Waals surface area contributed by atoms with Crippen LogP contribution in [-0.4, -0.2) is 31.2 Å². The molecule has 1 unspecified atom stereocenters. The number of hydrogen-bond acceptors (Lipinski definition) is 6. The average Bonchev–Trinajstić information content (AvgIpc) is 2.71. The smallest absolute Gasteiger partial charge is 0.311 e. The number of benzene rings is 2. The second-order valence-electron chi connectivity index (χ2n) is 6.21. The molecule has 1 atom stereocenters. The van der Waals surface area contributed by atoms with E-state index in [-0.39, 0.29) is 6.42 Å². The molecular formula is C22H23BrN2O5. The number of rotatable bonds is 9. The summed E-state index contributed by atoms with van der Waals surface area (Å²) >= 11 is 3.43. The van der Waals surface area contributed by atoms with Crippen LogP contribution < -0.4 is 14.8 Å². The molecule has 0 heterocycles. The van der Waals surface area contributed by atoms with Gasteiger partial charge < -0.3 is 19.5 Å². The highest BCUT2D eigenvalue weighted by Crippen LogP contribution is 2.34. The van der Waals surface area contributed by atoms with Crippen LogP contribution in [-0.2, 0) is 20.7 Å². The molecule has 0 bridgehead atoms. The predicted molar refractivity (Wildman–Crippen MR) is 116 cm³/mol. The highest BCUT2D eigenvalue weighted by molar-refractivity contribution is 9.10. The van der Waals surface area contributed by atoms with Crippen molar-refractivity contribution in [2.75, 3.05) is 18.5 Å².